The minimum atomic E-state index is -0.00407. The van der Waals surface area contributed by atoms with Crippen LogP contribution in [0.25, 0.3) is 11.3 Å². The summed E-state index contributed by atoms with van der Waals surface area (Å²) in [6.45, 7) is 3.62. The number of carbonyl (C=O) groups is 1. The van der Waals surface area contributed by atoms with Crippen molar-refractivity contribution in [2.24, 2.45) is 0 Å². The number of amides is 1. The molecule has 1 N–H and O–H groups in total. The molecule has 1 unspecified atom stereocenters. The van der Waals surface area contributed by atoms with Crippen LogP contribution < -0.4 is 0 Å². The number of rotatable bonds is 3. The van der Waals surface area contributed by atoms with Crippen LogP contribution in [0.5, 0.6) is 0 Å². The number of nitrogens with zero attached hydrogens (tertiary/aromatic N) is 4. The van der Waals surface area contributed by atoms with E-state index < -0.39 is 0 Å². The Bertz CT molecular complexity index is 887. The van der Waals surface area contributed by atoms with Crippen LogP contribution in [0.15, 0.2) is 35.1 Å². The number of thiophene rings is 1. The minimum absolute atomic E-state index is 0.00407. The van der Waals surface area contributed by atoms with Crippen molar-refractivity contribution in [3.05, 3.63) is 50.5 Å². The Morgan fingerprint density at radius 2 is 2.28 bits per heavy atom. The fourth-order valence-corrected chi connectivity index (χ4v) is 4.74. The van der Waals surface area contributed by atoms with Gasteiger partial charge in [-0.2, -0.15) is 15.3 Å². The fourth-order valence-electron chi connectivity index (χ4n) is 3.05. The Balaban J connectivity index is 1.48. The molecule has 8 heteroatoms. The largest absolute Gasteiger partial charge is 0.337 e. The number of nitrogens with one attached hydrogen (secondary N) is 1. The molecule has 1 fully saturated rings. The quantitative estimate of drug-likeness (QED) is 0.705. The van der Waals surface area contributed by atoms with Gasteiger partial charge in [-0.15, -0.1) is 11.3 Å². The van der Waals surface area contributed by atoms with E-state index in [1.807, 2.05) is 11.0 Å². The van der Waals surface area contributed by atoms with Crippen LogP contribution in [-0.2, 0) is 0 Å². The van der Waals surface area contributed by atoms with Crippen molar-refractivity contribution in [3.8, 4) is 11.3 Å². The van der Waals surface area contributed by atoms with E-state index in [-0.39, 0.29) is 5.91 Å². The first-order chi connectivity index (χ1) is 12.1. The molecule has 0 spiro atoms. The molecule has 6 nitrogen and oxygen atoms in total. The number of aryl methyl sites for hydroxylation is 1. The fraction of sp³-hybridized carbons (Fsp3) is 0.294. The highest BCUT2D eigenvalue weighted by Crippen LogP contribution is 2.36. The topological polar surface area (TPSA) is 74.8 Å². The van der Waals surface area contributed by atoms with Crippen molar-refractivity contribution in [2.45, 2.75) is 19.3 Å². The van der Waals surface area contributed by atoms with E-state index in [0.717, 1.165) is 29.5 Å². The first kappa shape index (κ1) is 16.4. The minimum Gasteiger partial charge on any atom is -0.337 e. The van der Waals surface area contributed by atoms with E-state index >= 15 is 0 Å². The van der Waals surface area contributed by atoms with Crippen LogP contribution in [-0.4, -0.2) is 44.3 Å². The van der Waals surface area contributed by atoms with Crippen LogP contribution in [0.4, 0.5) is 0 Å². The summed E-state index contributed by atoms with van der Waals surface area (Å²) in [4.78, 5) is 17.3. The van der Waals surface area contributed by atoms with Gasteiger partial charge in [-0.3, -0.25) is 9.89 Å². The third kappa shape index (κ3) is 3.23. The van der Waals surface area contributed by atoms with Crippen LogP contribution in [0.3, 0.4) is 0 Å². The van der Waals surface area contributed by atoms with E-state index in [1.165, 1.54) is 9.75 Å². The second-order valence-electron chi connectivity index (χ2n) is 6.09. The zero-order chi connectivity index (χ0) is 17.4. The van der Waals surface area contributed by atoms with Crippen molar-refractivity contribution in [3.63, 3.8) is 0 Å². The van der Waals surface area contributed by atoms with Crippen molar-refractivity contribution in [2.75, 3.05) is 13.1 Å². The highest BCUT2D eigenvalue weighted by molar-refractivity contribution is 9.10. The van der Waals surface area contributed by atoms with Gasteiger partial charge >= 0.3 is 0 Å². The number of aromatic amines is 1. The van der Waals surface area contributed by atoms with E-state index in [0.29, 0.717) is 17.3 Å². The van der Waals surface area contributed by atoms with E-state index in [2.05, 4.69) is 49.3 Å². The summed E-state index contributed by atoms with van der Waals surface area (Å²) in [6.07, 6.45) is 4.23. The molecule has 1 saturated heterocycles. The summed E-state index contributed by atoms with van der Waals surface area (Å²) in [5, 5.41) is 14.7. The first-order valence-corrected chi connectivity index (χ1v) is 9.60. The molecular weight excluding hydrogens is 402 g/mol. The van der Waals surface area contributed by atoms with Gasteiger partial charge in [-0.05, 0) is 47.5 Å². The SMILES string of the molecule is Cc1sc(C2CCN(C(=O)c3cc(-c4ccnnc4)n[nH]3)C2)cc1Br. The first-order valence-electron chi connectivity index (χ1n) is 7.99. The monoisotopic (exact) mass is 417 g/mol. The smallest absolute Gasteiger partial charge is 0.271 e. The summed E-state index contributed by atoms with van der Waals surface area (Å²) in [5.74, 6) is 0.404. The zero-order valence-corrected chi connectivity index (χ0v) is 16.0. The number of halogens is 1. The molecule has 1 aliphatic rings. The second-order valence-corrected chi connectivity index (χ2v) is 8.23. The summed E-state index contributed by atoms with van der Waals surface area (Å²) in [7, 11) is 0. The zero-order valence-electron chi connectivity index (χ0n) is 13.6. The van der Waals surface area contributed by atoms with Gasteiger partial charge in [0.1, 0.15) is 5.69 Å². The van der Waals surface area contributed by atoms with Gasteiger partial charge in [0.05, 0.1) is 18.1 Å². The highest BCUT2D eigenvalue weighted by atomic mass is 79.9. The number of hydrogen-bond donors (Lipinski definition) is 1. The lowest BCUT2D eigenvalue weighted by molar-refractivity contribution is 0.0785. The Kier molecular flexibility index (Phi) is 4.39. The lowest BCUT2D eigenvalue weighted by Crippen LogP contribution is -2.28. The molecule has 128 valence electrons. The van der Waals surface area contributed by atoms with Crippen molar-refractivity contribution < 1.29 is 4.79 Å². The number of carbonyl (C=O) groups excluding carboxylic acids is 1. The Labute approximate surface area is 157 Å². The Morgan fingerprint density at radius 1 is 1.40 bits per heavy atom. The molecule has 25 heavy (non-hydrogen) atoms. The molecule has 1 aliphatic heterocycles. The van der Waals surface area contributed by atoms with Crippen molar-refractivity contribution in [1.82, 2.24) is 25.3 Å². The molecule has 4 rings (SSSR count). The number of likely N-dealkylation sites (tertiary alicyclic amines) is 1. The van der Waals surface area contributed by atoms with Crippen LogP contribution in [0.1, 0.15) is 32.6 Å². The van der Waals surface area contributed by atoms with Crippen LogP contribution in [0, 0.1) is 6.92 Å². The highest BCUT2D eigenvalue weighted by Gasteiger charge is 2.30. The summed E-state index contributed by atoms with van der Waals surface area (Å²) < 4.78 is 1.15. The molecule has 0 aliphatic carbocycles. The van der Waals surface area contributed by atoms with Gasteiger partial charge in [0.25, 0.3) is 5.91 Å². The maximum atomic E-state index is 12.8. The Morgan fingerprint density at radius 3 is 3.00 bits per heavy atom. The maximum absolute atomic E-state index is 12.8. The third-order valence-corrected chi connectivity index (χ3v) is 6.74. The Hall–Kier alpha value is -2.06. The van der Waals surface area contributed by atoms with E-state index in [1.54, 1.807) is 29.8 Å². The molecular formula is C17H16BrN5OS. The van der Waals surface area contributed by atoms with Gasteiger partial charge < -0.3 is 4.90 Å². The van der Waals surface area contributed by atoms with Gasteiger partial charge in [-0.1, -0.05) is 0 Å². The predicted octanol–water partition coefficient (Wildman–Crippen LogP) is 3.63. The molecule has 3 aromatic rings. The summed E-state index contributed by atoms with van der Waals surface area (Å²) >= 11 is 5.38. The van der Waals surface area contributed by atoms with Gasteiger partial charge in [0.2, 0.25) is 0 Å². The number of aromatic nitrogens is 4. The van der Waals surface area contributed by atoms with Crippen LogP contribution in [0.2, 0.25) is 0 Å². The van der Waals surface area contributed by atoms with Crippen molar-refractivity contribution in [1.29, 1.82) is 0 Å². The average Bonchev–Trinajstić information content (AvgIpc) is 3.36. The van der Waals surface area contributed by atoms with Crippen LogP contribution >= 0.6 is 27.3 Å². The molecule has 0 saturated carbocycles. The standard InChI is InChI=1S/C17H16BrN5OS/c1-10-13(18)6-16(25-10)12-3-5-23(9-12)17(24)15-7-14(21-22-15)11-2-4-19-20-8-11/h2,4,6-8,12H,3,5,9H2,1H3,(H,21,22). The van der Waals surface area contributed by atoms with Gasteiger partial charge in [-0.25, -0.2) is 0 Å². The second kappa shape index (κ2) is 6.68. The molecule has 1 amide bonds. The molecule has 3 aromatic heterocycles. The average molecular weight is 418 g/mol. The van der Waals surface area contributed by atoms with Gasteiger partial charge in [0, 0.05) is 38.8 Å². The third-order valence-electron chi connectivity index (χ3n) is 4.44. The van der Waals surface area contributed by atoms with E-state index in [4.69, 9.17) is 0 Å². The summed E-state index contributed by atoms with van der Waals surface area (Å²) in [6, 6.07) is 5.78. The molecule has 0 aromatic carbocycles. The molecule has 0 bridgehead atoms. The van der Waals surface area contributed by atoms with E-state index in [9.17, 15) is 4.79 Å². The lowest BCUT2D eigenvalue weighted by atomic mass is 10.1. The number of H-pyrrole nitrogens is 1. The molecule has 1 atom stereocenters. The maximum Gasteiger partial charge on any atom is 0.271 e. The van der Waals surface area contributed by atoms with Crippen molar-refractivity contribution >= 4 is 33.2 Å². The predicted molar refractivity (Wildman–Crippen MR) is 99.6 cm³/mol. The molecule has 4 heterocycles. The lowest BCUT2D eigenvalue weighted by Gasteiger charge is -2.14. The van der Waals surface area contributed by atoms with Gasteiger partial charge in [0.15, 0.2) is 0 Å². The normalized spacial score (nSPS) is 17.2. The molecule has 0 radical (unpaired) electrons. The number of hydrogen-bond acceptors (Lipinski definition) is 5. The summed E-state index contributed by atoms with van der Waals surface area (Å²) in [5.41, 5.74) is 2.05.